The fourth-order valence-electron chi connectivity index (χ4n) is 3.55. The summed E-state index contributed by atoms with van der Waals surface area (Å²) >= 11 is 0. The molecule has 1 aliphatic heterocycles. The second-order valence-electron chi connectivity index (χ2n) is 8.72. The fourth-order valence-corrected chi connectivity index (χ4v) is 3.55. The molecule has 9 heteroatoms. The zero-order chi connectivity index (χ0) is 25.6. The number of amides is 3. The SMILES string of the molecule is CN1C(=O)C(NC(=O)/N=C/C(=C\N)Cc2cccnc2F)CCc2ccc(C#CC(C)(C)O)cc21. The maximum absolute atomic E-state index is 13.8. The molecule has 3 amide bonds. The number of aryl methyl sites for hydroxylation is 1. The molecule has 1 aliphatic rings. The fraction of sp³-hybridized carbons (Fsp3) is 0.308. The van der Waals surface area contributed by atoms with Crippen LogP contribution in [0, 0.1) is 17.8 Å². The van der Waals surface area contributed by atoms with Crippen LogP contribution < -0.4 is 16.0 Å². The van der Waals surface area contributed by atoms with E-state index in [1.165, 1.54) is 23.5 Å². The minimum atomic E-state index is -1.13. The molecule has 2 aromatic rings. The minimum Gasteiger partial charge on any atom is -0.404 e. The lowest BCUT2D eigenvalue weighted by Crippen LogP contribution is -2.46. The van der Waals surface area contributed by atoms with Crippen molar-refractivity contribution in [2.45, 2.75) is 44.8 Å². The number of anilines is 1. The molecule has 35 heavy (non-hydrogen) atoms. The van der Waals surface area contributed by atoms with E-state index in [2.05, 4.69) is 27.1 Å². The van der Waals surface area contributed by atoms with Gasteiger partial charge < -0.3 is 21.1 Å². The first kappa shape index (κ1) is 25.6. The van der Waals surface area contributed by atoms with E-state index in [4.69, 9.17) is 5.73 Å². The number of benzene rings is 1. The molecule has 1 atom stereocenters. The molecule has 0 saturated heterocycles. The predicted octanol–water partition coefficient (Wildman–Crippen LogP) is 2.49. The minimum absolute atomic E-state index is 0.117. The van der Waals surface area contributed by atoms with Crippen molar-refractivity contribution < 1.29 is 19.1 Å². The summed E-state index contributed by atoms with van der Waals surface area (Å²) in [5, 5.41) is 12.5. The summed E-state index contributed by atoms with van der Waals surface area (Å²) in [7, 11) is 1.64. The monoisotopic (exact) mass is 477 g/mol. The molecule has 182 valence electrons. The average Bonchev–Trinajstić information content (AvgIpc) is 2.93. The molecule has 1 aromatic heterocycles. The third kappa shape index (κ3) is 6.98. The number of hydrogen-bond donors (Lipinski definition) is 3. The van der Waals surface area contributed by atoms with Gasteiger partial charge in [-0.2, -0.15) is 4.39 Å². The third-order valence-corrected chi connectivity index (χ3v) is 5.38. The number of aliphatic hydroxyl groups is 1. The highest BCUT2D eigenvalue weighted by molar-refractivity contribution is 6.01. The molecule has 0 radical (unpaired) electrons. The molecule has 1 aromatic carbocycles. The molecule has 0 spiro atoms. The molecule has 0 aliphatic carbocycles. The number of aromatic nitrogens is 1. The van der Waals surface area contributed by atoms with Crippen LogP contribution in [0.1, 0.15) is 37.0 Å². The molecular formula is C26H28FN5O3. The van der Waals surface area contributed by atoms with Gasteiger partial charge in [-0.25, -0.2) is 14.8 Å². The summed E-state index contributed by atoms with van der Waals surface area (Å²) in [5.74, 6) is 4.77. The van der Waals surface area contributed by atoms with Crippen LogP contribution in [0.15, 0.2) is 53.3 Å². The van der Waals surface area contributed by atoms with E-state index < -0.39 is 23.6 Å². The van der Waals surface area contributed by atoms with Gasteiger partial charge in [-0.3, -0.25) is 4.79 Å². The topological polar surface area (TPSA) is 121 Å². The van der Waals surface area contributed by atoms with Crippen molar-refractivity contribution in [1.29, 1.82) is 0 Å². The molecule has 4 N–H and O–H groups in total. The highest BCUT2D eigenvalue weighted by atomic mass is 19.1. The summed E-state index contributed by atoms with van der Waals surface area (Å²) in [6.07, 6.45) is 4.90. The Bertz CT molecular complexity index is 1240. The first-order chi connectivity index (χ1) is 16.6. The Labute approximate surface area is 203 Å². The van der Waals surface area contributed by atoms with E-state index in [9.17, 15) is 19.1 Å². The van der Waals surface area contributed by atoms with E-state index >= 15 is 0 Å². The standard InChI is InChI=1S/C26H28FN5O3/c1-26(2,35)11-10-17-6-7-19-8-9-21(24(33)32(3)22(19)14-17)31-25(34)30-16-18(15-28)13-20-5-4-12-29-23(20)27/h4-7,12,14-16,21,35H,8-9,13,28H2,1-3H3,(H,31,34)/b18-15-,30-16+. The number of urea groups is 1. The largest absolute Gasteiger partial charge is 0.404 e. The Hall–Kier alpha value is -4.03. The van der Waals surface area contributed by atoms with Crippen molar-refractivity contribution in [3.63, 3.8) is 0 Å². The maximum Gasteiger partial charge on any atom is 0.341 e. The van der Waals surface area contributed by atoms with Gasteiger partial charge >= 0.3 is 6.03 Å². The normalized spacial score (nSPS) is 16.4. The van der Waals surface area contributed by atoms with Crippen molar-refractivity contribution >= 4 is 23.8 Å². The summed E-state index contributed by atoms with van der Waals surface area (Å²) in [4.78, 5) is 34.4. The summed E-state index contributed by atoms with van der Waals surface area (Å²) in [6.45, 7) is 3.19. The van der Waals surface area contributed by atoms with Crippen molar-refractivity contribution in [2.24, 2.45) is 10.7 Å². The Morgan fingerprint density at radius 3 is 2.89 bits per heavy atom. The second-order valence-corrected chi connectivity index (χ2v) is 8.72. The molecule has 8 nitrogen and oxygen atoms in total. The van der Waals surface area contributed by atoms with E-state index in [1.54, 1.807) is 39.1 Å². The lowest BCUT2D eigenvalue weighted by molar-refractivity contribution is -0.120. The van der Waals surface area contributed by atoms with Crippen LogP contribution in [0.5, 0.6) is 0 Å². The van der Waals surface area contributed by atoms with E-state index in [0.717, 1.165) is 5.56 Å². The summed E-state index contributed by atoms with van der Waals surface area (Å²) < 4.78 is 13.8. The zero-order valence-corrected chi connectivity index (χ0v) is 19.9. The zero-order valence-electron chi connectivity index (χ0n) is 19.9. The molecule has 2 heterocycles. The molecular weight excluding hydrogens is 449 g/mol. The molecule has 1 unspecified atom stereocenters. The smallest absolute Gasteiger partial charge is 0.341 e. The number of likely N-dealkylation sites (N-methyl/N-ethyl adjacent to an activating group) is 1. The Balaban J connectivity index is 1.68. The van der Waals surface area contributed by atoms with Crippen molar-refractivity contribution in [3.8, 4) is 11.8 Å². The number of halogens is 1. The van der Waals surface area contributed by atoms with Gasteiger partial charge in [0.15, 0.2) is 0 Å². The van der Waals surface area contributed by atoms with Crippen LogP contribution in [-0.2, 0) is 17.6 Å². The van der Waals surface area contributed by atoms with Gasteiger partial charge in [-0.05, 0) is 62.2 Å². The maximum atomic E-state index is 13.8. The van der Waals surface area contributed by atoms with Gasteiger partial charge in [0.1, 0.15) is 11.6 Å². The number of carbonyl (C=O) groups is 2. The third-order valence-electron chi connectivity index (χ3n) is 5.38. The van der Waals surface area contributed by atoms with Gasteiger partial charge in [0.2, 0.25) is 11.9 Å². The van der Waals surface area contributed by atoms with Crippen LogP contribution in [0.4, 0.5) is 14.9 Å². The quantitative estimate of drug-likeness (QED) is 0.355. The van der Waals surface area contributed by atoms with Crippen LogP contribution in [0.2, 0.25) is 0 Å². The number of pyridine rings is 1. The first-order valence-corrected chi connectivity index (χ1v) is 11.1. The van der Waals surface area contributed by atoms with Gasteiger partial charge in [0.05, 0.1) is 0 Å². The van der Waals surface area contributed by atoms with E-state index in [1.807, 2.05) is 12.1 Å². The Morgan fingerprint density at radius 1 is 1.43 bits per heavy atom. The van der Waals surface area contributed by atoms with Crippen molar-refractivity contribution in [1.82, 2.24) is 10.3 Å². The molecule has 3 rings (SSSR count). The molecule has 0 fully saturated rings. The number of fused-ring (bicyclic) bond motifs is 1. The second kappa shape index (κ2) is 10.9. The lowest BCUT2D eigenvalue weighted by atomic mass is 10.0. The van der Waals surface area contributed by atoms with Gasteiger partial charge in [0, 0.05) is 42.7 Å². The Morgan fingerprint density at radius 2 is 2.20 bits per heavy atom. The summed E-state index contributed by atoms with van der Waals surface area (Å²) in [5.41, 5.74) is 7.52. The van der Waals surface area contributed by atoms with Crippen LogP contribution >= 0.6 is 0 Å². The van der Waals surface area contributed by atoms with Gasteiger partial charge in [-0.15, -0.1) is 0 Å². The van der Waals surface area contributed by atoms with Gasteiger partial charge in [0.25, 0.3) is 0 Å². The number of carbonyl (C=O) groups excluding carboxylic acids is 2. The van der Waals surface area contributed by atoms with Gasteiger partial charge in [-0.1, -0.05) is 24.0 Å². The Kier molecular flexibility index (Phi) is 7.99. The molecule has 0 saturated carbocycles. The predicted molar refractivity (Wildman–Crippen MR) is 132 cm³/mol. The van der Waals surface area contributed by atoms with E-state index in [-0.39, 0.29) is 12.3 Å². The summed E-state index contributed by atoms with van der Waals surface area (Å²) in [6, 6.07) is 7.22. The van der Waals surface area contributed by atoms with Crippen LogP contribution in [0.3, 0.4) is 0 Å². The van der Waals surface area contributed by atoms with E-state index in [0.29, 0.717) is 35.2 Å². The first-order valence-electron chi connectivity index (χ1n) is 11.1. The van der Waals surface area contributed by atoms with Crippen LogP contribution in [0.25, 0.3) is 0 Å². The number of allylic oxidation sites excluding steroid dienone is 1. The van der Waals surface area contributed by atoms with Crippen LogP contribution in [-0.4, -0.2) is 46.9 Å². The number of nitrogens with two attached hydrogens (primary N) is 1. The number of aliphatic imine (C=N–C) groups is 1. The average molecular weight is 478 g/mol. The lowest BCUT2D eigenvalue weighted by Gasteiger charge is -2.21. The molecule has 0 bridgehead atoms. The highest BCUT2D eigenvalue weighted by Crippen LogP contribution is 2.27. The number of rotatable bonds is 4. The number of hydrogen-bond acceptors (Lipinski definition) is 5. The number of nitrogens with one attached hydrogen (secondary N) is 1. The highest BCUT2D eigenvalue weighted by Gasteiger charge is 2.29. The van der Waals surface area contributed by atoms with Crippen molar-refractivity contribution in [2.75, 3.05) is 11.9 Å². The van der Waals surface area contributed by atoms with Crippen molar-refractivity contribution in [3.05, 3.63) is 70.9 Å². The number of nitrogens with zero attached hydrogens (tertiary/aromatic N) is 3.